The molecule has 0 aliphatic heterocycles. The van der Waals surface area contributed by atoms with Gasteiger partial charge in [-0.15, -0.1) is 0 Å². The highest BCUT2D eigenvalue weighted by molar-refractivity contribution is 7.12. The Morgan fingerprint density at radius 1 is 0.812 bits per heavy atom. The molecular weight excluding hydrogens is 198 g/mol. The fourth-order valence-corrected chi connectivity index (χ4v) is 1.59. The second kappa shape index (κ2) is 5.01. The van der Waals surface area contributed by atoms with Crippen LogP contribution in [0, 0.1) is 0 Å². The first kappa shape index (κ1) is 11.0. The molecule has 2 nitrogen and oxygen atoms in total. The second-order valence-corrected chi connectivity index (χ2v) is 3.58. The van der Waals surface area contributed by atoms with E-state index in [1.165, 1.54) is 0 Å². The van der Waals surface area contributed by atoms with Crippen LogP contribution in [0.4, 0.5) is 0 Å². The lowest BCUT2D eigenvalue weighted by molar-refractivity contribution is 0.573. The molecule has 2 aromatic rings. The van der Waals surface area contributed by atoms with Crippen molar-refractivity contribution in [2.24, 2.45) is 0 Å². The Bertz CT molecular complexity index is 442. The van der Waals surface area contributed by atoms with Crippen LogP contribution >= 0.6 is 0 Å². The van der Waals surface area contributed by atoms with Gasteiger partial charge in [0.2, 0.25) is 0 Å². The molecule has 0 aliphatic carbocycles. The number of benzene rings is 2. The van der Waals surface area contributed by atoms with E-state index < -0.39 is 6.81 Å². The molecule has 0 saturated heterocycles. The Labute approximate surface area is 95.9 Å². The summed E-state index contributed by atoms with van der Waals surface area (Å²) < 4.78 is 0. The lowest BCUT2D eigenvalue weighted by atomic mass is 9.39. The SMILES string of the molecule is O[B]B(O)c1ccc(-c2ccccc2)cc1. The van der Waals surface area contributed by atoms with Crippen molar-refractivity contribution in [3.8, 4) is 11.1 Å². The first-order valence-electron chi connectivity index (χ1n) is 5.12. The van der Waals surface area contributed by atoms with Crippen LogP contribution in [-0.4, -0.2) is 24.2 Å². The molecule has 0 spiro atoms. The fourth-order valence-electron chi connectivity index (χ4n) is 1.59. The van der Waals surface area contributed by atoms with Crippen LogP contribution in [0.15, 0.2) is 54.6 Å². The third-order valence-electron chi connectivity index (χ3n) is 2.50. The summed E-state index contributed by atoms with van der Waals surface area (Å²) in [6, 6.07) is 17.5. The Balaban J connectivity index is 2.26. The number of rotatable bonds is 3. The van der Waals surface area contributed by atoms with Crippen molar-refractivity contribution < 1.29 is 10.0 Å². The molecule has 0 heterocycles. The van der Waals surface area contributed by atoms with Crippen LogP contribution in [-0.2, 0) is 0 Å². The van der Waals surface area contributed by atoms with E-state index in [1.54, 1.807) is 12.1 Å². The highest BCUT2D eigenvalue weighted by atomic mass is 16.2. The quantitative estimate of drug-likeness (QED) is 0.728. The maximum Gasteiger partial charge on any atom is 0.313 e. The average molecular weight is 209 g/mol. The Morgan fingerprint density at radius 3 is 1.94 bits per heavy atom. The van der Waals surface area contributed by atoms with Gasteiger partial charge in [-0.05, 0) is 11.1 Å². The van der Waals surface area contributed by atoms with E-state index >= 15 is 0 Å². The molecule has 16 heavy (non-hydrogen) atoms. The molecule has 2 N–H and O–H groups in total. The summed E-state index contributed by atoms with van der Waals surface area (Å²) in [6.45, 7) is -0.912. The normalized spacial score (nSPS) is 9.88. The van der Waals surface area contributed by atoms with Crippen molar-refractivity contribution in [1.29, 1.82) is 0 Å². The lowest BCUT2D eigenvalue weighted by Crippen LogP contribution is -2.36. The standard InChI is InChI=1S/C12H11B2O2/c15-13-14(16)12-8-6-11(7-9-12)10-4-2-1-3-5-10/h1-9,15-16H. The van der Waals surface area contributed by atoms with E-state index in [-0.39, 0.29) is 0 Å². The predicted molar refractivity (Wildman–Crippen MR) is 67.5 cm³/mol. The minimum atomic E-state index is -0.912. The molecule has 1 radical (unpaired) electrons. The van der Waals surface area contributed by atoms with Crippen LogP contribution in [0.25, 0.3) is 11.1 Å². The maximum atomic E-state index is 9.39. The molecule has 4 heteroatoms. The van der Waals surface area contributed by atoms with Gasteiger partial charge in [-0.2, -0.15) is 0 Å². The van der Waals surface area contributed by atoms with Gasteiger partial charge in [0.25, 0.3) is 7.37 Å². The fraction of sp³-hybridized carbons (Fsp3) is 0. The third-order valence-corrected chi connectivity index (χ3v) is 2.50. The van der Waals surface area contributed by atoms with Crippen molar-refractivity contribution in [3.05, 3.63) is 54.6 Å². The maximum absolute atomic E-state index is 9.39. The largest absolute Gasteiger partial charge is 0.460 e. The van der Waals surface area contributed by atoms with Gasteiger partial charge in [-0.1, -0.05) is 60.1 Å². The Morgan fingerprint density at radius 2 is 1.38 bits per heavy atom. The van der Waals surface area contributed by atoms with Crippen molar-refractivity contribution in [1.82, 2.24) is 0 Å². The highest BCUT2D eigenvalue weighted by Gasteiger charge is 2.13. The molecule has 0 aromatic heterocycles. The summed E-state index contributed by atoms with van der Waals surface area (Å²) in [6.07, 6.45) is 0. The molecule has 2 rings (SSSR count). The lowest BCUT2D eigenvalue weighted by Gasteiger charge is -2.05. The molecule has 0 bridgehead atoms. The molecule has 2 aromatic carbocycles. The smallest absolute Gasteiger partial charge is 0.313 e. The van der Waals surface area contributed by atoms with Crippen LogP contribution < -0.4 is 5.46 Å². The van der Waals surface area contributed by atoms with Crippen molar-refractivity contribution >= 4 is 19.6 Å². The van der Waals surface area contributed by atoms with Crippen LogP contribution in [0.1, 0.15) is 0 Å². The second-order valence-electron chi connectivity index (χ2n) is 3.58. The molecule has 0 unspecified atom stereocenters. The highest BCUT2D eigenvalue weighted by Crippen LogP contribution is 2.16. The monoisotopic (exact) mass is 209 g/mol. The first-order chi connectivity index (χ1) is 7.81. The van der Waals surface area contributed by atoms with E-state index in [1.807, 2.05) is 42.5 Å². The van der Waals surface area contributed by atoms with Gasteiger partial charge in [0.05, 0.1) is 0 Å². The third kappa shape index (κ3) is 2.35. The first-order valence-corrected chi connectivity index (χ1v) is 5.12. The molecule has 0 aliphatic rings. The van der Waals surface area contributed by atoms with Gasteiger partial charge >= 0.3 is 6.81 Å². The van der Waals surface area contributed by atoms with Gasteiger partial charge in [0.1, 0.15) is 0 Å². The van der Waals surface area contributed by atoms with Gasteiger partial charge in [-0.25, -0.2) is 0 Å². The van der Waals surface area contributed by atoms with Crippen LogP contribution in [0.3, 0.4) is 0 Å². The van der Waals surface area contributed by atoms with E-state index in [2.05, 4.69) is 0 Å². The number of hydrogen-bond acceptors (Lipinski definition) is 2. The zero-order valence-electron chi connectivity index (χ0n) is 8.75. The molecular formula is C12H11B2O2. The summed E-state index contributed by atoms with van der Waals surface area (Å²) in [5.74, 6) is 0. The predicted octanol–water partition coefficient (Wildman–Crippen LogP) is 0.653. The molecule has 0 amide bonds. The Hall–Kier alpha value is -1.51. The van der Waals surface area contributed by atoms with Crippen molar-refractivity contribution in [3.63, 3.8) is 0 Å². The van der Waals surface area contributed by atoms with Gasteiger partial charge < -0.3 is 10.0 Å². The summed E-state index contributed by atoms with van der Waals surface area (Å²) in [5.41, 5.74) is 2.91. The van der Waals surface area contributed by atoms with E-state index in [0.717, 1.165) is 18.5 Å². The minimum absolute atomic E-state index is 0.683. The van der Waals surface area contributed by atoms with E-state index in [0.29, 0.717) is 5.46 Å². The summed E-state index contributed by atoms with van der Waals surface area (Å²) in [4.78, 5) is 0. The summed E-state index contributed by atoms with van der Waals surface area (Å²) in [7, 11) is 0.775. The van der Waals surface area contributed by atoms with Crippen LogP contribution in [0.2, 0.25) is 0 Å². The number of hydrogen-bond donors (Lipinski definition) is 2. The molecule has 0 atom stereocenters. The van der Waals surface area contributed by atoms with Crippen molar-refractivity contribution in [2.45, 2.75) is 0 Å². The van der Waals surface area contributed by atoms with Gasteiger partial charge in [0, 0.05) is 0 Å². The summed E-state index contributed by atoms with van der Waals surface area (Å²) in [5, 5.41) is 18.1. The molecule has 0 fully saturated rings. The Kier molecular flexibility index (Phi) is 3.44. The van der Waals surface area contributed by atoms with Gasteiger partial charge in [0.15, 0.2) is 0 Å². The van der Waals surface area contributed by atoms with E-state index in [9.17, 15) is 5.02 Å². The van der Waals surface area contributed by atoms with Crippen LogP contribution in [0.5, 0.6) is 0 Å². The van der Waals surface area contributed by atoms with Crippen molar-refractivity contribution in [2.75, 3.05) is 0 Å². The minimum Gasteiger partial charge on any atom is -0.460 e. The van der Waals surface area contributed by atoms with Gasteiger partial charge in [-0.3, -0.25) is 0 Å². The molecule has 0 saturated carbocycles. The zero-order valence-corrected chi connectivity index (χ0v) is 8.75. The topological polar surface area (TPSA) is 40.5 Å². The zero-order chi connectivity index (χ0) is 11.4. The molecule has 77 valence electrons. The summed E-state index contributed by atoms with van der Waals surface area (Å²) >= 11 is 0. The van der Waals surface area contributed by atoms with E-state index in [4.69, 9.17) is 5.02 Å². The average Bonchev–Trinajstić information content (AvgIpc) is 2.39.